The summed E-state index contributed by atoms with van der Waals surface area (Å²) in [5, 5.41) is 2.92. The van der Waals surface area contributed by atoms with Gasteiger partial charge in [-0.15, -0.1) is 0 Å². The zero-order valence-electron chi connectivity index (χ0n) is 18.0. The molecule has 2 aromatic carbocycles. The zero-order valence-corrected chi connectivity index (χ0v) is 18.9. The van der Waals surface area contributed by atoms with E-state index in [-0.39, 0.29) is 28.1 Å². The smallest absolute Gasteiger partial charge is 0.261 e. The van der Waals surface area contributed by atoms with Gasteiger partial charge in [0.1, 0.15) is 11.6 Å². The van der Waals surface area contributed by atoms with Gasteiger partial charge in [0.15, 0.2) is 0 Å². The number of nitrogens with zero attached hydrogens (tertiary/aromatic N) is 1. The van der Waals surface area contributed by atoms with Gasteiger partial charge < -0.3 is 9.73 Å². The number of piperidine rings is 1. The number of likely N-dealkylation sites (tertiary alicyclic amines) is 1. The molecule has 2 heterocycles. The van der Waals surface area contributed by atoms with Crippen molar-refractivity contribution in [3.8, 4) is 0 Å². The van der Waals surface area contributed by atoms with Gasteiger partial charge in [0.2, 0.25) is 0 Å². The highest BCUT2D eigenvalue weighted by Gasteiger charge is 2.25. The number of hydrogen-bond donors (Lipinski definition) is 2. The first kappa shape index (κ1) is 23.0. The van der Waals surface area contributed by atoms with Crippen LogP contribution in [0.1, 0.15) is 41.4 Å². The lowest BCUT2D eigenvalue weighted by Gasteiger charge is -2.33. The maximum atomic E-state index is 13.1. The van der Waals surface area contributed by atoms with Gasteiger partial charge in [-0.05, 0) is 80.5 Å². The lowest BCUT2D eigenvalue weighted by Crippen LogP contribution is -2.40. The normalized spacial score (nSPS) is 15.7. The van der Waals surface area contributed by atoms with Crippen LogP contribution < -0.4 is 10.0 Å². The molecule has 0 saturated carbocycles. The Hall–Kier alpha value is -3.17. The topological polar surface area (TPSA) is 91.7 Å². The number of halogens is 1. The van der Waals surface area contributed by atoms with Gasteiger partial charge in [0, 0.05) is 17.8 Å². The molecule has 4 rings (SSSR count). The van der Waals surface area contributed by atoms with E-state index in [4.69, 9.17) is 4.42 Å². The summed E-state index contributed by atoms with van der Waals surface area (Å²) in [7, 11) is -3.94. The van der Waals surface area contributed by atoms with E-state index in [9.17, 15) is 17.6 Å². The van der Waals surface area contributed by atoms with Crippen LogP contribution in [0.4, 0.5) is 10.1 Å². The Balaban J connectivity index is 1.46. The Morgan fingerprint density at radius 3 is 2.48 bits per heavy atom. The standard InChI is InChI=1S/C24H26FN3O4S/c25-19-9-11-20(12-10-19)27-33(30,31)21-7-4-6-18(16-21)24(29)26-17-22(23-8-5-15-32-23)28-13-2-1-3-14-28/h4-12,15-16,22,27H,1-3,13-14,17H2,(H,26,29)/t22-/m0/s1. The molecule has 0 unspecified atom stereocenters. The van der Waals surface area contributed by atoms with Gasteiger partial charge in [-0.1, -0.05) is 12.5 Å². The number of nitrogens with one attached hydrogen (secondary N) is 2. The van der Waals surface area contributed by atoms with Crippen LogP contribution in [-0.2, 0) is 10.0 Å². The first-order valence-corrected chi connectivity index (χ1v) is 12.3. The van der Waals surface area contributed by atoms with Crippen LogP contribution in [0, 0.1) is 5.82 Å². The number of anilines is 1. The Bertz CT molecular complexity index is 1170. The highest BCUT2D eigenvalue weighted by Crippen LogP contribution is 2.25. The first-order valence-electron chi connectivity index (χ1n) is 10.9. The molecule has 0 bridgehead atoms. The van der Waals surface area contributed by atoms with Crippen molar-refractivity contribution >= 4 is 21.6 Å². The molecule has 0 spiro atoms. The Kier molecular flexibility index (Phi) is 7.10. The second-order valence-electron chi connectivity index (χ2n) is 7.98. The fraction of sp³-hybridized carbons (Fsp3) is 0.292. The molecule has 7 nitrogen and oxygen atoms in total. The Morgan fingerprint density at radius 2 is 1.79 bits per heavy atom. The van der Waals surface area contributed by atoms with Gasteiger partial charge in [-0.2, -0.15) is 0 Å². The lowest BCUT2D eigenvalue weighted by molar-refractivity contribution is 0.0914. The van der Waals surface area contributed by atoms with E-state index < -0.39 is 15.8 Å². The second kappa shape index (κ2) is 10.2. The number of rotatable bonds is 8. The lowest BCUT2D eigenvalue weighted by atomic mass is 10.1. The minimum atomic E-state index is -3.94. The molecule has 174 valence electrons. The van der Waals surface area contributed by atoms with Crippen LogP contribution in [-0.4, -0.2) is 38.9 Å². The molecule has 33 heavy (non-hydrogen) atoms. The predicted molar refractivity (Wildman–Crippen MR) is 123 cm³/mol. The van der Waals surface area contributed by atoms with Crippen LogP contribution in [0.5, 0.6) is 0 Å². The van der Waals surface area contributed by atoms with Gasteiger partial charge >= 0.3 is 0 Å². The van der Waals surface area contributed by atoms with Crippen LogP contribution in [0.25, 0.3) is 0 Å². The summed E-state index contributed by atoms with van der Waals surface area (Å²) in [6, 6.07) is 14.5. The number of benzene rings is 2. The summed E-state index contributed by atoms with van der Waals surface area (Å²) in [5.74, 6) is -0.0477. The fourth-order valence-corrected chi connectivity index (χ4v) is 5.05. The molecule has 0 aliphatic carbocycles. The molecule has 1 aromatic heterocycles. The van der Waals surface area contributed by atoms with Crippen LogP contribution in [0.3, 0.4) is 0 Å². The quantitative estimate of drug-likeness (QED) is 0.514. The highest BCUT2D eigenvalue weighted by molar-refractivity contribution is 7.92. The van der Waals surface area contributed by atoms with E-state index >= 15 is 0 Å². The molecule has 2 N–H and O–H groups in total. The Morgan fingerprint density at radius 1 is 1.03 bits per heavy atom. The van der Waals surface area contributed by atoms with Crippen molar-refractivity contribution in [1.82, 2.24) is 10.2 Å². The summed E-state index contributed by atoms with van der Waals surface area (Å²) >= 11 is 0. The molecule has 1 aliphatic heterocycles. The minimum Gasteiger partial charge on any atom is -0.468 e. The molecular weight excluding hydrogens is 445 g/mol. The maximum Gasteiger partial charge on any atom is 0.261 e. The minimum absolute atomic E-state index is 0.0573. The molecule has 3 aromatic rings. The van der Waals surface area contributed by atoms with Crippen molar-refractivity contribution in [2.24, 2.45) is 0 Å². The number of furan rings is 1. The van der Waals surface area contributed by atoms with Crippen LogP contribution in [0.2, 0.25) is 0 Å². The molecule has 1 aliphatic rings. The molecule has 9 heteroatoms. The van der Waals surface area contributed by atoms with Gasteiger partial charge in [-0.25, -0.2) is 12.8 Å². The van der Waals surface area contributed by atoms with E-state index in [1.807, 2.05) is 12.1 Å². The number of hydrogen-bond acceptors (Lipinski definition) is 5. The maximum absolute atomic E-state index is 13.1. The average Bonchev–Trinajstić information content (AvgIpc) is 3.36. The van der Waals surface area contributed by atoms with Crippen molar-refractivity contribution in [3.63, 3.8) is 0 Å². The third-order valence-corrected chi connectivity index (χ3v) is 7.04. The van der Waals surface area contributed by atoms with E-state index in [1.54, 1.807) is 12.3 Å². The van der Waals surface area contributed by atoms with Crippen molar-refractivity contribution in [2.45, 2.75) is 30.2 Å². The van der Waals surface area contributed by atoms with Crippen molar-refractivity contribution < 1.29 is 22.0 Å². The van der Waals surface area contributed by atoms with Crippen LogP contribution in [0.15, 0.2) is 76.2 Å². The Labute approximate surface area is 192 Å². The first-order chi connectivity index (χ1) is 15.9. The van der Waals surface area contributed by atoms with Gasteiger partial charge in [0.25, 0.3) is 15.9 Å². The number of carbonyl (C=O) groups is 1. The summed E-state index contributed by atoms with van der Waals surface area (Å²) in [4.78, 5) is 15.1. The summed E-state index contributed by atoms with van der Waals surface area (Å²) in [6.07, 6.45) is 5.02. The monoisotopic (exact) mass is 471 g/mol. The number of sulfonamides is 1. The molecular formula is C24H26FN3O4S. The van der Waals surface area contributed by atoms with Gasteiger partial charge in [0.05, 0.1) is 17.2 Å². The molecule has 1 atom stereocenters. The fourth-order valence-electron chi connectivity index (χ4n) is 3.95. The summed E-state index contributed by atoms with van der Waals surface area (Å²) in [6.45, 7) is 2.21. The summed E-state index contributed by atoms with van der Waals surface area (Å²) in [5.41, 5.74) is 0.461. The van der Waals surface area contributed by atoms with E-state index in [0.717, 1.165) is 31.7 Å². The SMILES string of the molecule is O=C(NC[C@@H](c1ccco1)N1CCCCC1)c1cccc(S(=O)(=O)Nc2ccc(F)cc2)c1. The molecule has 1 saturated heterocycles. The third-order valence-electron chi connectivity index (χ3n) is 5.66. The summed E-state index contributed by atoms with van der Waals surface area (Å²) < 4.78 is 46.6. The third kappa shape index (κ3) is 5.80. The van der Waals surface area contributed by atoms with E-state index in [0.29, 0.717) is 6.54 Å². The molecule has 0 radical (unpaired) electrons. The van der Waals surface area contributed by atoms with E-state index in [2.05, 4.69) is 14.9 Å². The zero-order chi connectivity index (χ0) is 23.3. The van der Waals surface area contributed by atoms with Crippen LogP contribution >= 0.6 is 0 Å². The van der Waals surface area contributed by atoms with Crippen molar-refractivity contribution in [2.75, 3.05) is 24.4 Å². The van der Waals surface area contributed by atoms with Crippen molar-refractivity contribution in [3.05, 3.63) is 84.1 Å². The molecule has 1 fully saturated rings. The largest absolute Gasteiger partial charge is 0.468 e. The number of carbonyl (C=O) groups excluding carboxylic acids is 1. The van der Waals surface area contributed by atoms with Crippen molar-refractivity contribution in [1.29, 1.82) is 0 Å². The van der Waals surface area contributed by atoms with Gasteiger partial charge in [-0.3, -0.25) is 14.4 Å². The van der Waals surface area contributed by atoms with E-state index in [1.165, 1.54) is 48.9 Å². The second-order valence-corrected chi connectivity index (χ2v) is 9.66. The highest BCUT2D eigenvalue weighted by atomic mass is 32.2. The number of amides is 1. The average molecular weight is 472 g/mol. The predicted octanol–water partition coefficient (Wildman–Crippen LogP) is 4.18. The molecule has 1 amide bonds.